The van der Waals surface area contributed by atoms with E-state index >= 15 is 0 Å². The molecular formula is C21H13N3O6S2. The van der Waals surface area contributed by atoms with Crippen LogP contribution in [0.15, 0.2) is 70.0 Å². The quantitative estimate of drug-likeness (QED) is 0.249. The number of carbonyl (C=O) groups excluding carboxylic acids is 2. The molecule has 1 saturated heterocycles. The smallest absolute Gasteiger partial charge is 0.285 e. The molecule has 160 valence electrons. The molecule has 4 rings (SSSR count). The highest BCUT2D eigenvalue weighted by molar-refractivity contribution is 8.26. The van der Waals surface area contributed by atoms with Crippen LogP contribution in [0, 0.1) is 10.1 Å². The Morgan fingerprint density at radius 1 is 1.16 bits per heavy atom. The largest absolute Gasteiger partial charge is 0.507 e. The number of carbonyl (C=O) groups is 2. The first kappa shape index (κ1) is 21.3. The van der Waals surface area contributed by atoms with Gasteiger partial charge in [-0.2, -0.15) is 5.01 Å². The lowest BCUT2D eigenvalue weighted by Gasteiger charge is -2.15. The third kappa shape index (κ3) is 4.24. The van der Waals surface area contributed by atoms with Gasteiger partial charge in [0, 0.05) is 23.8 Å². The van der Waals surface area contributed by atoms with Crippen molar-refractivity contribution in [3.05, 3.63) is 87.0 Å². The average molecular weight is 467 g/mol. The lowest BCUT2D eigenvalue weighted by Crippen LogP contribution is -2.44. The summed E-state index contributed by atoms with van der Waals surface area (Å²) < 4.78 is 5.84. The van der Waals surface area contributed by atoms with Gasteiger partial charge in [-0.05, 0) is 48.6 Å². The molecule has 32 heavy (non-hydrogen) atoms. The second-order valence-corrected chi connectivity index (χ2v) is 8.16. The van der Waals surface area contributed by atoms with Crippen molar-refractivity contribution in [2.75, 3.05) is 0 Å². The van der Waals surface area contributed by atoms with E-state index in [1.165, 1.54) is 30.3 Å². The third-order valence-electron chi connectivity index (χ3n) is 4.42. The number of nitrogens with zero attached hydrogens (tertiary/aromatic N) is 2. The van der Waals surface area contributed by atoms with E-state index in [0.29, 0.717) is 17.1 Å². The maximum atomic E-state index is 12.7. The molecule has 11 heteroatoms. The summed E-state index contributed by atoms with van der Waals surface area (Å²) >= 11 is 6.18. The molecule has 0 radical (unpaired) electrons. The number of hydrazine groups is 1. The number of non-ortho nitro benzene ring substituents is 1. The second kappa shape index (κ2) is 8.65. The van der Waals surface area contributed by atoms with Gasteiger partial charge in [0.2, 0.25) is 0 Å². The van der Waals surface area contributed by atoms with Crippen molar-refractivity contribution >= 4 is 51.9 Å². The number of amides is 2. The normalized spacial score (nSPS) is 14.8. The number of phenols is 1. The summed E-state index contributed by atoms with van der Waals surface area (Å²) in [6.45, 7) is 0. The molecule has 1 aliphatic heterocycles. The standard InChI is InChI=1S/C21H13N3O6S2/c25-16-4-2-1-3-15(16)19(26)22-23-20(27)18(32-21(23)31)11-14-9-10-17(30-14)12-5-7-13(8-6-12)24(28)29/h1-11,25H,(H,22,26)/b18-11-. The van der Waals surface area contributed by atoms with Crippen molar-refractivity contribution in [1.82, 2.24) is 10.4 Å². The summed E-state index contributed by atoms with van der Waals surface area (Å²) in [5.41, 5.74) is 3.00. The fraction of sp³-hybridized carbons (Fsp3) is 0. The summed E-state index contributed by atoms with van der Waals surface area (Å²) in [4.78, 5) is 35.6. The molecule has 3 aromatic rings. The average Bonchev–Trinajstić information content (AvgIpc) is 3.34. The number of nitro groups is 1. The molecule has 0 aliphatic carbocycles. The van der Waals surface area contributed by atoms with Crippen LogP contribution in [0.25, 0.3) is 17.4 Å². The molecule has 1 fully saturated rings. The predicted octanol–water partition coefficient (Wildman–Crippen LogP) is 4.11. The van der Waals surface area contributed by atoms with Gasteiger partial charge in [-0.25, -0.2) is 0 Å². The van der Waals surface area contributed by atoms with E-state index in [-0.39, 0.29) is 26.2 Å². The molecule has 2 N–H and O–H groups in total. The van der Waals surface area contributed by atoms with Gasteiger partial charge in [0.15, 0.2) is 4.32 Å². The number of nitro benzene ring substituents is 1. The number of hydrogen-bond acceptors (Lipinski definition) is 8. The highest BCUT2D eigenvalue weighted by Gasteiger charge is 2.34. The van der Waals surface area contributed by atoms with Gasteiger partial charge < -0.3 is 9.52 Å². The Morgan fingerprint density at radius 2 is 1.88 bits per heavy atom. The van der Waals surface area contributed by atoms with Crippen molar-refractivity contribution in [2.45, 2.75) is 0 Å². The SMILES string of the molecule is O=C(NN1C(=O)/C(=C/c2ccc(-c3ccc([N+](=O)[O-])cc3)o2)SC1=S)c1ccccc1O. The minimum atomic E-state index is -0.681. The summed E-state index contributed by atoms with van der Waals surface area (Å²) in [6, 6.07) is 15.1. The summed E-state index contributed by atoms with van der Waals surface area (Å²) in [6.07, 6.45) is 1.49. The first-order valence-corrected chi connectivity index (χ1v) is 10.3. The summed E-state index contributed by atoms with van der Waals surface area (Å²) in [7, 11) is 0. The Kier molecular flexibility index (Phi) is 5.75. The molecule has 1 aromatic heterocycles. The monoisotopic (exact) mass is 467 g/mol. The Bertz CT molecular complexity index is 1280. The minimum Gasteiger partial charge on any atom is -0.507 e. The lowest BCUT2D eigenvalue weighted by molar-refractivity contribution is -0.384. The maximum absolute atomic E-state index is 12.7. The van der Waals surface area contributed by atoms with E-state index in [0.717, 1.165) is 16.8 Å². The van der Waals surface area contributed by atoms with Crippen LogP contribution in [0.2, 0.25) is 0 Å². The predicted molar refractivity (Wildman–Crippen MR) is 121 cm³/mol. The molecule has 0 saturated carbocycles. The van der Waals surface area contributed by atoms with Crippen LogP contribution >= 0.6 is 24.0 Å². The van der Waals surface area contributed by atoms with E-state index in [9.17, 15) is 24.8 Å². The molecule has 0 unspecified atom stereocenters. The van der Waals surface area contributed by atoms with Crippen LogP contribution in [-0.2, 0) is 4.79 Å². The number of rotatable bonds is 5. The van der Waals surface area contributed by atoms with E-state index in [1.54, 1.807) is 36.4 Å². The molecule has 2 heterocycles. The lowest BCUT2D eigenvalue weighted by atomic mass is 10.1. The van der Waals surface area contributed by atoms with Gasteiger partial charge in [-0.3, -0.25) is 25.1 Å². The number of benzene rings is 2. The van der Waals surface area contributed by atoms with Crippen LogP contribution in [-0.4, -0.2) is 31.2 Å². The van der Waals surface area contributed by atoms with Crippen molar-refractivity contribution in [3.8, 4) is 17.1 Å². The van der Waals surface area contributed by atoms with Crippen LogP contribution < -0.4 is 5.43 Å². The van der Waals surface area contributed by atoms with Crippen LogP contribution in [0.4, 0.5) is 5.69 Å². The third-order valence-corrected chi connectivity index (χ3v) is 5.72. The fourth-order valence-electron chi connectivity index (χ4n) is 2.85. The maximum Gasteiger partial charge on any atom is 0.285 e. The van der Waals surface area contributed by atoms with E-state index in [4.69, 9.17) is 16.6 Å². The van der Waals surface area contributed by atoms with E-state index < -0.39 is 16.7 Å². The number of para-hydroxylation sites is 1. The topological polar surface area (TPSA) is 126 Å². The van der Waals surface area contributed by atoms with Gasteiger partial charge in [0.25, 0.3) is 17.5 Å². The first-order valence-electron chi connectivity index (χ1n) is 9.05. The van der Waals surface area contributed by atoms with E-state index in [2.05, 4.69) is 5.43 Å². The van der Waals surface area contributed by atoms with Crippen LogP contribution in [0.3, 0.4) is 0 Å². The van der Waals surface area contributed by atoms with Crippen molar-refractivity contribution in [2.24, 2.45) is 0 Å². The summed E-state index contributed by atoms with van der Waals surface area (Å²) in [5.74, 6) is -0.614. The molecule has 0 bridgehead atoms. The van der Waals surface area contributed by atoms with Gasteiger partial charge in [-0.1, -0.05) is 23.9 Å². The van der Waals surface area contributed by atoms with Gasteiger partial charge >= 0.3 is 0 Å². The molecule has 0 spiro atoms. The molecular weight excluding hydrogens is 454 g/mol. The van der Waals surface area contributed by atoms with Gasteiger partial charge in [0.05, 0.1) is 15.4 Å². The van der Waals surface area contributed by atoms with Crippen LogP contribution in [0.1, 0.15) is 16.1 Å². The number of aromatic hydroxyl groups is 1. The first-order chi connectivity index (χ1) is 15.3. The number of hydrogen-bond donors (Lipinski definition) is 2. The molecule has 2 aromatic carbocycles. The van der Waals surface area contributed by atoms with Crippen molar-refractivity contribution < 1.29 is 24.0 Å². The fourth-order valence-corrected chi connectivity index (χ4v) is 4.01. The number of phenolic OH excluding ortho intramolecular Hbond substituents is 1. The highest BCUT2D eigenvalue weighted by Crippen LogP contribution is 2.33. The van der Waals surface area contributed by atoms with Gasteiger partial charge in [-0.15, -0.1) is 0 Å². The summed E-state index contributed by atoms with van der Waals surface area (Å²) in [5, 5.41) is 21.5. The molecule has 9 nitrogen and oxygen atoms in total. The van der Waals surface area contributed by atoms with Crippen molar-refractivity contribution in [3.63, 3.8) is 0 Å². The minimum absolute atomic E-state index is 0.00399. The number of thiocarbonyl (C=S) groups is 1. The molecule has 1 aliphatic rings. The highest BCUT2D eigenvalue weighted by atomic mass is 32.2. The number of nitrogens with one attached hydrogen (secondary N) is 1. The van der Waals surface area contributed by atoms with Gasteiger partial charge in [0.1, 0.15) is 17.3 Å². The zero-order valence-corrected chi connectivity index (χ0v) is 17.7. The number of thioether (sulfide) groups is 1. The Hall–Kier alpha value is -3.96. The second-order valence-electron chi connectivity index (χ2n) is 6.48. The molecule has 2 amide bonds. The Morgan fingerprint density at radius 3 is 2.56 bits per heavy atom. The Balaban J connectivity index is 1.50. The van der Waals surface area contributed by atoms with Crippen molar-refractivity contribution in [1.29, 1.82) is 0 Å². The number of furan rings is 1. The van der Waals surface area contributed by atoms with E-state index in [1.807, 2.05) is 0 Å². The zero-order chi connectivity index (χ0) is 22.8. The van der Waals surface area contributed by atoms with Crippen LogP contribution in [0.5, 0.6) is 5.75 Å². The Labute approximate surface area is 190 Å². The zero-order valence-electron chi connectivity index (χ0n) is 16.1. The molecule has 0 atom stereocenters.